The lowest BCUT2D eigenvalue weighted by atomic mass is 10.1. The van der Waals surface area contributed by atoms with Gasteiger partial charge in [-0.1, -0.05) is 0 Å². The van der Waals surface area contributed by atoms with Gasteiger partial charge in [-0.3, -0.25) is 10.1 Å². The van der Waals surface area contributed by atoms with E-state index >= 15 is 0 Å². The van der Waals surface area contributed by atoms with Gasteiger partial charge in [0.15, 0.2) is 0 Å². The Morgan fingerprint density at radius 1 is 1.39 bits per heavy atom. The van der Waals surface area contributed by atoms with Gasteiger partial charge < -0.3 is 10.2 Å². The molecule has 0 aliphatic carbocycles. The molecule has 2 heterocycles. The third-order valence-electron chi connectivity index (χ3n) is 2.85. The van der Waals surface area contributed by atoms with Crippen molar-refractivity contribution in [2.45, 2.75) is 6.54 Å². The molecule has 0 unspecified atom stereocenters. The Hall–Kier alpha value is -1.72. The van der Waals surface area contributed by atoms with Crippen molar-refractivity contribution in [1.82, 2.24) is 25.4 Å². The highest BCUT2D eigenvalue weighted by molar-refractivity contribution is 5.61. The van der Waals surface area contributed by atoms with E-state index in [2.05, 4.69) is 32.4 Å². The molecule has 0 fully saturated rings. The molecule has 0 aromatic carbocycles. The third kappa shape index (κ3) is 3.15. The Labute approximate surface area is 107 Å². The highest BCUT2D eigenvalue weighted by atomic mass is 15.1. The van der Waals surface area contributed by atoms with Crippen molar-refractivity contribution >= 4 is 0 Å². The summed E-state index contributed by atoms with van der Waals surface area (Å²) >= 11 is 0. The Bertz CT molecular complexity index is 465. The van der Waals surface area contributed by atoms with Gasteiger partial charge >= 0.3 is 0 Å². The number of aromatic amines is 1. The Morgan fingerprint density at radius 3 is 3.00 bits per heavy atom. The number of rotatable bonds is 6. The van der Waals surface area contributed by atoms with Gasteiger partial charge in [0.25, 0.3) is 0 Å². The number of hydrogen-bond donors (Lipinski definition) is 2. The maximum Gasteiger partial charge on any atom is 0.0710 e. The van der Waals surface area contributed by atoms with Gasteiger partial charge in [-0.25, -0.2) is 0 Å². The van der Waals surface area contributed by atoms with Crippen LogP contribution < -0.4 is 5.32 Å². The summed E-state index contributed by atoms with van der Waals surface area (Å²) in [5, 5.41) is 10.3. The van der Waals surface area contributed by atoms with Crippen LogP contribution >= 0.6 is 0 Å². The van der Waals surface area contributed by atoms with Crippen LogP contribution in [0.3, 0.4) is 0 Å². The van der Waals surface area contributed by atoms with Crippen molar-refractivity contribution in [3.63, 3.8) is 0 Å². The fourth-order valence-electron chi connectivity index (χ4n) is 1.86. The van der Waals surface area contributed by atoms with Crippen LogP contribution in [-0.2, 0) is 6.54 Å². The van der Waals surface area contributed by atoms with Gasteiger partial charge in [0.2, 0.25) is 0 Å². The molecular formula is C13H19N5. The minimum Gasteiger partial charge on any atom is -0.318 e. The lowest BCUT2D eigenvalue weighted by Crippen LogP contribution is -2.26. The fraction of sp³-hybridized carbons (Fsp3) is 0.385. The molecule has 0 amide bonds. The molecule has 0 aliphatic rings. The summed E-state index contributed by atoms with van der Waals surface area (Å²) in [6.45, 7) is 2.87. The summed E-state index contributed by atoms with van der Waals surface area (Å²) in [4.78, 5) is 6.40. The second-order valence-corrected chi connectivity index (χ2v) is 4.35. The van der Waals surface area contributed by atoms with Crippen molar-refractivity contribution in [1.29, 1.82) is 0 Å². The second kappa shape index (κ2) is 6.28. The first kappa shape index (κ1) is 12.7. The first-order chi connectivity index (χ1) is 8.81. The summed E-state index contributed by atoms with van der Waals surface area (Å²) in [6.07, 6.45) is 5.52. The molecule has 2 N–H and O–H groups in total. The molecule has 0 atom stereocenters. The van der Waals surface area contributed by atoms with Gasteiger partial charge in [-0.2, -0.15) is 5.10 Å². The molecule has 18 heavy (non-hydrogen) atoms. The largest absolute Gasteiger partial charge is 0.318 e. The van der Waals surface area contributed by atoms with E-state index in [0.717, 1.165) is 30.9 Å². The summed E-state index contributed by atoms with van der Waals surface area (Å²) < 4.78 is 0. The summed E-state index contributed by atoms with van der Waals surface area (Å²) in [5.74, 6) is 0. The van der Waals surface area contributed by atoms with Crippen LogP contribution in [0.15, 0.2) is 30.7 Å². The maximum absolute atomic E-state index is 4.14. The molecule has 0 saturated carbocycles. The first-order valence-electron chi connectivity index (χ1n) is 6.07. The number of nitrogens with zero attached hydrogens (tertiary/aromatic N) is 3. The molecular weight excluding hydrogens is 226 g/mol. The molecule has 5 nitrogen and oxygen atoms in total. The number of aromatic nitrogens is 3. The average Bonchev–Trinajstić information content (AvgIpc) is 2.85. The Morgan fingerprint density at radius 2 is 2.28 bits per heavy atom. The van der Waals surface area contributed by atoms with Crippen LogP contribution in [0.1, 0.15) is 5.56 Å². The number of H-pyrrole nitrogens is 1. The van der Waals surface area contributed by atoms with Crippen molar-refractivity contribution in [3.05, 3.63) is 36.3 Å². The van der Waals surface area contributed by atoms with Crippen LogP contribution in [0, 0.1) is 0 Å². The Kier molecular flexibility index (Phi) is 4.44. The van der Waals surface area contributed by atoms with Gasteiger partial charge in [-0.05, 0) is 26.2 Å². The van der Waals surface area contributed by atoms with E-state index in [1.807, 2.05) is 31.6 Å². The highest BCUT2D eigenvalue weighted by Gasteiger charge is 2.09. The number of hydrogen-bond acceptors (Lipinski definition) is 4. The second-order valence-electron chi connectivity index (χ2n) is 4.35. The zero-order valence-corrected chi connectivity index (χ0v) is 10.8. The topological polar surface area (TPSA) is 56.8 Å². The van der Waals surface area contributed by atoms with E-state index in [0.29, 0.717) is 0 Å². The third-order valence-corrected chi connectivity index (χ3v) is 2.85. The lowest BCUT2D eigenvalue weighted by molar-refractivity contribution is 0.328. The minimum absolute atomic E-state index is 0.877. The standard InChI is InChI=1S/C13H19N5/c1-14-6-7-18(2)10-12-9-16-17-13(12)11-4-3-5-15-8-11/h3-5,8-9,14H,6-7,10H2,1-2H3,(H,16,17). The van der Waals surface area contributed by atoms with Gasteiger partial charge in [0, 0.05) is 43.2 Å². The summed E-state index contributed by atoms with van der Waals surface area (Å²) in [5.41, 5.74) is 3.33. The predicted molar refractivity (Wildman–Crippen MR) is 72.1 cm³/mol. The number of pyridine rings is 1. The lowest BCUT2D eigenvalue weighted by Gasteiger charge is -2.16. The number of likely N-dealkylation sites (N-methyl/N-ethyl adjacent to an activating group) is 2. The van der Waals surface area contributed by atoms with E-state index in [9.17, 15) is 0 Å². The summed E-state index contributed by atoms with van der Waals surface area (Å²) in [6, 6.07) is 3.97. The SMILES string of the molecule is CNCCN(C)Cc1cn[nH]c1-c1cccnc1. The fourth-order valence-corrected chi connectivity index (χ4v) is 1.86. The normalized spacial score (nSPS) is 11.1. The summed E-state index contributed by atoms with van der Waals surface area (Å²) in [7, 11) is 4.07. The van der Waals surface area contributed by atoms with Gasteiger partial charge in [0.1, 0.15) is 0 Å². The molecule has 0 saturated heterocycles. The Balaban J connectivity index is 2.09. The quantitative estimate of drug-likeness (QED) is 0.801. The predicted octanol–water partition coefficient (Wildman–Crippen LogP) is 1.12. The average molecular weight is 245 g/mol. The van der Waals surface area contributed by atoms with E-state index in [1.54, 1.807) is 6.20 Å². The van der Waals surface area contributed by atoms with Crippen molar-refractivity contribution in [2.24, 2.45) is 0 Å². The monoisotopic (exact) mass is 245 g/mol. The zero-order chi connectivity index (χ0) is 12.8. The van der Waals surface area contributed by atoms with Crippen LogP contribution in [0.4, 0.5) is 0 Å². The van der Waals surface area contributed by atoms with Crippen molar-refractivity contribution in [2.75, 3.05) is 27.2 Å². The first-order valence-corrected chi connectivity index (χ1v) is 6.07. The van der Waals surface area contributed by atoms with E-state index in [1.165, 1.54) is 5.56 Å². The van der Waals surface area contributed by atoms with Crippen LogP contribution in [-0.4, -0.2) is 47.3 Å². The molecule has 0 bridgehead atoms. The molecule has 2 aromatic rings. The molecule has 0 aliphatic heterocycles. The molecule has 2 aromatic heterocycles. The zero-order valence-electron chi connectivity index (χ0n) is 10.8. The molecule has 2 rings (SSSR count). The molecule has 5 heteroatoms. The van der Waals surface area contributed by atoms with Crippen molar-refractivity contribution in [3.8, 4) is 11.3 Å². The highest BCUT2D eigenvalue weighted by Crippen LogP contribution is 2.20. The smallest absolute Gasteiger partial charge is 0.0710 e. The van der Waals surface area contributed by atoms with Gasteiger partial charge in [0.05, 0.1) is 11.9 Å². The maximum atomic E-state index is 4.14. The van der Waals surface area contributed by atoms with E-state index in [-0.39, 0.29) is 0 Å². The molecule has 0 spiro atoms. The van der Waals surface area contributed by atoms with Crippen LogP contribution in [0.25, 0.3) is 11.3 Å². The van der Waals surface area contributed by atoms with Crippen LogP contribution in [0.5, 0.6) is 0 Å². The van der Waals surface area contributed by atoms with Gasteiger partial charge in [-0.15, -0.1) is 0 Å². The van der Waals surface area contributed by atoms with E-state index < -0.39 is 0 Å². The number of nitrogens with one attached hydrogen (secondary N) is 2. The minimum atomic E-state index is 0.877. The molecule has 96 valence electrons. The van der Waals surface area contributed by atoms with E-state index in [4.69, 9.17) is 0 Å². The molecule has 0 radical (unpaired) electrons. The van der Waals surface area contributed by atoms with Crippen LogP contribution in [0.2, 0.25) is 0 Å². The van der Waals surface area contributed by atoms with Crippen molar-refractivity contribution < 1.29 is 0 Å².